The van der Waals surface area contributed by atoms with E-state index >= 15 is 0 Å². The molecule has 31 valence electrons. The van der Waals surface area contributed by atoms with Crippen LogP contribution in [0.4, 0.5) is 0 Å². The van der Waals surface area contributed by atoms with E-state index < -0.39 is 0 Å². The van der Waals surface area contributed by atoms with E-state index in [1.165, 1.54) is 0 Å². The molecule has 5 heavy (non-hydrogen) atoms. The van der Waals surface area contributed by atoms with Gasteiger partial charge < -0.3 is 0 Å². The molecule has 0 spiro atoms. The first kappa shape index (κ1) is 16.8. The molecular weight excluding hydrogens is 131 g/mol. The molecule has 0 bridgehead atoms. The van der Waals surface area contributed by atoms with Crippen molar-refractivity contribution in [3.63, 3.8) is 0 Å². The molecule has 0 heterocycles. The summed E-state index contributed by atoms with van der Waals surface area (Å²) in [5, 5.41) is 15.5. The van der Waals surface area contributed by atoms with Gasteiger partial charge in [-0.15, -0.1) is 0 Å². The normalized spacial score (nSPS) is 3.60. The average molecular weight is 133 g/mol. The molecule has 3 nitrogen and oxygen atoms in total. The van der Waals surface area contributed by atoms with Crippen molar-refractivity contribution in [3.05, 3.63) is 0 Å². The van der Waals surface area contributed by atoms with Crippen molar-refractivity contribution in [1.82, 2.24) is 0 Å². The van der Waals surface area contributed by atoms with Crippen LogP contribution in [0.5, 0.6) is 0 Å². The fourth-order valence-electron chi connectivity index (χ4n) is 0. The van der Waals surface area contributed by atoms with Crippen molar-refractivity contribution in [2.45, 2.75) is 0 Å². The maximum atomic E-state index is 6.62. The van der Waals surface area contributed by atoms with E-state index in [1.807, 2.05) is 0 Å². The van der Waals surface area contributed by atoms with Crippen molar-refractivity contribution in [1.29, 1.82) is 0 Å². The predicted molar refractivity (Wildman–Crippen MR) is 12.1 cm³/mol. The van der Waals surface area contributed by atoms with Crippen LogP contribution in [-0.4, -0.2) is 27.9 Å². The summed E-state index contributed by atoms with van der Waals surface area (Å²) in [7, 11) is 0. The standard InChI is InChI=1S/Al.Fe.H2O3/c;;1-3-2/h;;1-2H. The Kier molecular flexibility index (Phi) is 68.6. The molecule has 0 aliphatic rings. The van der Waals surface area contributed by atoms with Crippen LogP contribution in [0.25, 0.3) is 0 Å². The molecule has 0 fully saturated rings. The van der Waals surface area contributed by atoms with Crippen LogP contribution in [0.3, 0.4) is 0 Å². The van der Waals surface area contributed by atoms with Crippen molar-refractivity contribution in [3.8, 4) is 0 Å². The van der Waals surface area contributed by atoms with Crippen molar-refractivity contribution in [2.75, 3.05) is 0 Å². The van der Waals surface area contributed by atoms with E-state index in [9.17, 15) is 0 Å². The molecular formula is H2AlFeO3. The Labute approximate surface area is 50.4 Å². The zero-order valence-electron chi connectivity index (χ0n) is 2.23. The Balaban J connectivity index is -0.0000000200. The summed E-state index contributed by atoms with van der Waals surface area (Å²) in [6, 6.07) is 0. The van der Waals surface area contributed by atoms with Gasteiger partial charge in [0.1, 0.15) is 0 Å². The third-order valence-electron chi connectivity index (χ3n) is 0. The average Bonchev–Trinajstić information content (AvgIpc) is 0.918. The Morgan fingerprint density at radius 3 is 1.20 bits per heavy atom. The molecule has 0 aromatic rings. The molecule has 3 radical (unpaired) electrons. The van der Waals surface area contributed by atoms with Crippen LogP contribution >= 0.6 is 0 Å². The zero-order valence-corrected chi connectivity index (χ0v) is 4.49. The molecule has 5 heteroatoms. The quantitative estimate of drug-likeness (QED) is 0.267. The summed E-state index contributed by atoms with van der Waals surface area (Å²) in [6.07, 6.45) is 0. The smallest absolute Gasteiger partial charge is 0 e. The molecule has 0 saturated heterocycles. The van der Waals surface area contributed by atoms with Crippen molar-refractivity contribution >= 4 is 17.4 Å². The first-order chi connectivity index (χ1) is 1.41. The van der Waals surface area contributed by atoms with Gasteiger partial charge in [0.15, 0.2) is 0 Å². The van der Waals surface area contributed by atoms with Gasteiger partial charge >= 0.3 is 0 Å². The van der Waals surface area contributed by atoms with E-state index in [-0.39, 0.29) is 34.4 Å². The molecule has 0 atom stereocenters. The van der Waals surface area contributed by atoms with Gasteiger partial charge in [-0.2, -0.15) is 0 Å². The topological polar surface area (TPSA) is 49.7 Å². The summed E-state index contributed by atoms with van der Waals surface area (Å²) in [6.45, 7) is 0. The van der Waals surface area contributed by atoms with Crippen LogP contribution in [-0.2, 0) is 22.1 Å². The molecule has 0 aromatic carbocycles. The van der Waals surface area contributed by atoms with Gasteiger partial charge in [0.25, 0.3) is 0 Å². The minimum Gasteiger partial charge on any atom is -0.221 e. The second kappa shape index (κ2) is 20.4. The summed E-state index contributed by atoms with van der Waals surface area (Å²) in [5.74, 6) is 0. The maximum Gasteiger partial charge on any atom is 0 e. The number of hydrogen-bond acceptors (Lipinski definition) is 3. The second-order valence-corrected chi connectivity index (χ2v) is 0.0816. The molecule has 0 aliphatic carbocycles. The Hall–Kier alpha value is 0.932. The van der Waals surface area contributed by atoms with E-state index in [0.29, 0.717) is 0 Å². The predicted octanol–water partition coefficient (Wildman–Crippen LogP) is -0.434. The molecule has 0 unspecified atom stereocenters. The fraction of sp³-hybridized carbons (Fsp3) is 0. The van der Waals surface area contributed by atoms with E-state index in [4.69, 9.17) is 10.5 Å². The molecule has 2 N–H and O–H groups in total. The van der Waals surface area contributed by atoms with Gasteiger partial charge in [-0.3, -0.25) is 0 Å². The summed E-state index contributed by atoms with van der Waals surface area (Å²) in [4.78, 5) is 0. The van der Waals surface area contributed by atoms with E-state index in [2.05, 4.69) is 5.04 Å². The third-order valence-corrected chi connectivity index (χ3v) is 0. The third kappa shape index (κ3) is 48.8. The maximum absolute atomic E-state index is 6.62. The monoisotopic (exact) mass is 133 g/mol. The molecule has 0 saturated carbocycles. The van der Waals surface area contributed by atoms with E-state index in [1.54, 1.807) is 0 Å². The summed E-state index contributed by atoms with van der Waals surface area (Å²) < 4.78 is 0. The van der Waals surface area contributed by atoms with Crippen LogP contribution in [0.2, 0.25) is 0 Å². The van der Waals surface area contributed by atoms with Crippen LogP contribution in [0.1, 0.15) is 0 Å². The van der Waals surface area contributed by atoms with Crippen LogP contribution in [0.15, 0.2) is 0 Å². The first-order valence-electron chi connectivity index (χ1n) is 0.365. The first-order valence-corrected chi connectivity index (χ1v) is 0.365. The van der Waals surface area contributed by atoms with E-state index in [0.717, 1.165) is 0 Å². The van der Waals surface area contributed by atoms with Gasteiger partial charge in [0.2, 0.25) is 0 Å². The Bertz CT molecular complexity index is 6.85. The minimum absolute atomic E-state index is 0. The van der Waals surface area contributed by atoms with Crippen LogP contribution in [0, 0.1) is 0 Å². The van der Waals surface area contributed by atoms with Gasteiger partial charge in [-0.25, -0.2) is 10.5 Å². The van der Waals surface area contributed by atoms with Gasteiger partial charge in [-0.1, -0.05) is 5.04 Å². The largest absolute Gasteiger partial charge is 0.221 e. The summed E-state index contributed by atoms with van der Waals surface area (Å²) >= 11 is 0. The number of rotatable bonds is 0. The van der Waals surface area contributed by atoms with Gasteiger partial charge in [-0.05, 0) is 0 Å². The van der Waals surface area contributed by atoms with Crippen LogP contribution < -0.4 is 0 Å². The number of hydrogen-bond donors (Lipinski definition) is 2. The minimum atomic E-state index is 0. The van der Waals surface area contributed by atoms with Crippen molar-refractivity contribution < 1.29 is 32.6 Å². The van der Waals surface area contributed by atoms with Crippen molar-refractivity contribution in [2.24, 2.45) is 0 Å². The van der Waals surface area contributed by atoms with Gasteiger partial charge in [0, 0.05) is 34.4 Å². The molecule has 0 amide bonds. The zero-order chi connectivity index (χ0) is 2.71. The molecule has 0 rings (SSSR count). The Morgan fingerprint density at radius 1 is 1.20 bits per heavy atom. The molecule has 0 aromatic heterocycles. The SMILES string of the molecule is OOO.[Al].[Fe]. The molecule has 0 aliphatic heterocycles. The van der Waals surface area contributed by atoms with Gasteiger partial charge in [0.05, 0.1) is 0 Å². The Morgan fingerprint density at radius 2 is 1.20 bits per heavy atom. The summed E-state index contributed by atoms with van der Waals surface area (Å²) in [5.41, 5.74) is 0. The second-order valence-electron chi connectivity index (χ2n) is 0.0816. The fourth-order valence-corrected chi connectivity index (χ4v) is 0.